The smallest absolute Gasteiger partial charge is 0.162 e. The molecule has 0 aliphatic carbocycles. The monoisotopic (exact) mass is 405 g/mol. The highest BCUT2D eigenvalue weighted by Gasteiger charge is 2.14. The molecule has 0 amide bonds. The van der Waals surface area contributed by atoms with Gasteiger partial charge in [0.1, 0.15) is 6.61 Å². The third-order valence-corrected chi connectivity index (χ3v) is 4.60. The third-order valence-electron chi connectivity index (χ3n) is 3.87. The van der Waals surface area contributed by atoms with E-state index in [4.69, 9.17) is 9.47 Å². The Morgan fingerprint density at radius 2 is 1.68 bits per heavy atom. The minimum absolute atomic E-state index is 0.0607. The summed E-state index contributed by atoms with van der Waals surface area (Å²) in [6.07, 6.45) is 0. The van der Waals surface area contributed by atoms with Crippen LogP contribution in [0.3, 0.4) is 0 Å². The second-order valence-electron chi connectivity index (χ2n) is 7.14. The van der Waals surface area contributed by atoms with E-state index >= 15 is 0 Å². The van der Waals surface area contributed by atoms with Gasteiger partial charge in [0.2, 0.25) is 0 Å². The minimum atomic E-state index is 0.0607. The molecule has 0 aliphatic heterocycles. The van der Waals surface area contributed by atoms with Crippen molar-refractivity contribution < 1.29 is 9.47 Å². The highest BCUT2D eigenvalue weighted by atomic mass is 79.9. The van der Waals surface area contributed by atoms with Crippen molar-refractivity contribution in [2.45, 2.75) is 53.3 Å². The van der Waals surface area contributed by atoms with Crippen LogP contribution in [0.4, 0.5) is 0 Å². The van der Waals surface area contributed by atoms with Gasteiger partial charge in [0.15, 0.2) is 11.5 Å². The lowest BCUT2D eigenvalue weighted by atomic mass is 10.1. The molecule has 0 heterocycles. The van der Waals surface area contributed by atoms with E-state index in [1.165, 1.54) is 11.1 Å². The molecular weight excluding hydrogens is 378 g/mol. The van der Waals surface area contributed by atoms with Crippen molar-refractivity contribution in [1.82, 2.24) is 5.32 Å². The van der Waals surface area contributed by atoms with Gasteiger partial charge in [-0.05, 0) is 63.4 Å². The highest BCUT2D eigenvalue weighted by Crippen LogP contribution is 2.34. The van der Waals surface area contributed by atoms with Crippen molar-refractivity contribution in [3.05, 3.63) is 57.6 Å². The Kier molecular flexibility index (Phi) is 6.91. The number of hydrogen-bond donors (Lipinski definition) is 1. The zero-order valence-electron chi connectivity index (χ0n) is 15.8. The molecule has 0 radical (unpaired) electrons. The molecule has 0 aromatic heterocycles. The zero-order chi connectivity index (χ0) is 18.4. The van der Waals surface area contributed by atoms with Crippen LogP contribution >= 0.6 is 15.9 Å². The first kappa shape index (κ1) is 19.8. The normalized spacial score (nSPS) is 11.4. The summed E-state index contributed by atoms with van der Waals surface area (Å²) in [6, 6.07) is 12.3. The second kappa shape index (κ2) is 8.72. The maximum Gasteiger partial charge on any atom is 0.162 e. The predicted octanol–water partition coefficient (Wildman–Crippen LogP) is 5.62. The van der Waals surface area contributed by atoms with Crippen LogP contribution < -0.4 is 14.8 Å². The molecule has 0 atom stereocenters. The lowest BCUT2D eigenvalue weighted by Crippen LogP contribution is -2.35. The molecule has 0 fully saturated rings. The van der Waals surface area contributed by atoms with Gasteiger partial charge < -0.3 is 14.8 Å². The molecule has 3 nitrogen and oxygen atoms in total. The number of rotatable bonds is 7. The van der Waals surface area contributed by atoms with Gasteiger partial charge in [-0.2, -0.15) is 0 Å². The zero-order valence-corrected chi connectivity index (χ0v) is 17.4. The van der Waals surface area contributed by atoms with Gasteiger partial charge in [0, 0.05) is 16.6 Å². The van der Waals surface area contributed by atoms with E-state index in [1.54, 1.807) is 0 Å². The average molecular weight is 406 g/mol. The van der Waals surface area contributed by atoms with E-state index in [-0.39, 0.29) is 5.54 Å². The maximum atomic E-state index is 6.06. The van der Waals surface area contributed by atoms with E-state index in [2.05, 4.69) is 67.1 Å². The molecule has 2 rings (SSSR count). The van der Waals surface area contributed by atoms with Gasteiger partial charge in [-0.1, -0.05) is 40.2 Å². The van der Waals surface area contributed by atoms with Gasteiger partial charge in [0.25, 0.3) is 0 Å². The van der Waals surface area contributed by atoms with Gasteiger partial charge in [-0.15, -0.1) is 0 Å². The van der Waals surface area contributed by atoms with Crippen LogP contribution in [-0.4, -0.2) is 12.1 Å². The van der Waals surface area contributed by atoms with Crippen molar-refractivity contribution in [2.75, 3.05) is 6.61 Å². The van der Waals surface area contributed by atoms with Crippen LogP contribution in [0.1, 0.15) is 44.4 Å². The van der Waals surface area contributed by atoms with E-state index in [9.17, 15) is 0 Å². The number of hydrogen-bond acceptors (Lipinski definition) is 3. The first-order valence-corrected chi connectivity index (χ1v) is 9.47. The van der Waals surface area contributed by atoms with Gasteiger partial charge in [0.05, 0.1) is 6.61 Å². The third kappa shape index (κ3) is 6.05. The van der Waals surface area contributed by atoms with Crippen molar-refractivity contribution in [1.29, 1.82) is 0 Å². The topological polar surface area (TPSA) is 30.5 Å². The number of benzene rings is 2. The summed E-state index contributed by atoms with van der Waals surface area (Å²) in [7, 11) is 0. The summed E-state index contributed by atoms with van der Waals surface area (Å²) in [5.41, 5.74) is 3.62. The van der Waals surface area contributed by atoms with Crippen molar-refractivity contribution in [3.8, 4) is 11.5 Å². The first-order chi connectivity index (χ1) is 11.8. The number of aryl methyl sites for hydroxylation is 1. The van der Waals surface area contributed by atoms with Crippen molar-refractivity contribution in [3.63, 3.8) is 0 Å². The standard InChI is InChI=1S/C21H28BrNO2/c1-6-24-19-11-17(13-23-21(3,4)5)18(22)12-20(19)25-14-16-10-8-7-9-15(16)2/h7-12,23H,6,13-14H2,1-5H3. The quantitative estimate of drug-likeness (QED) is 0.647. The lowest BCUT2D eigenvalue weighted by molar-refractivity contribution is 0.268. The molecule has 0 spiro atoms. The van der Waals surface area contributed by atoms with Crippen LogP contribution in [0.2, 0.25) is 0 Å². The summed E-state index contributed by atoms with van der Waals surface area (Å²) in [6.45, 7) is 12.5. The summed E-state index contributed by atoms with van der Waals surface area (Å²) in [5, 5.41) is 3.51. The van der Waals surface area contributed by atoms with E-state index in [0.29, 0.717) is 13.2 Å². The molecular formula is C21H28BrNO2. The van der Waals surface area contributed by atoms with E-state index in [0.717, 1.165) is 28.1 Å². The Bertz CT molecular complexity index is 708. The Morgan fingerprint density at radius 3 is 2.32 bits per heavy atom. The summed E-state index contributed by atoms with van der Waals surface area (Å²) >= 11 is 3.67. The molecule has 136 valence electrons. The lowest BCUT2D eigenvalue weighted by Gasteiger charge is -2.22. The van der Waals surface area contributed by atoms with Gasteiger partial charge >= 0.3 is 0 Å². The minimum Gasteiger partial charge on any atom is -0.490 e. The van der Waals surface area contributed by atoms with Crippen molar-refractivity contribution in [2.24, 2.45) is 0 Å². The Morgan fingerprint density at radius 1 is 1.00 bits per heavy atom. The van der Waals surface area contributed by atoms with Crippen LogP contribution in [-0.2, 0) is 13.2 Å². The Balaban J connectivity index is 2.19. The molecule has 0 saturated heterocycles. The van der Waals surface area contributed by atoms with E-state index in [1.807, 2.05) is 25.1 Å². The van der Waals surface area contributed by atoms with Crippen molar-refractivity contribution >= 4 is 15.9 Å². The predicted molar refractivity (Wildman–Crippen MR) is 107 cm³/mol. The fraction of sp³-hybridized carbons (Fsp3) is 0.429. The molecule has 1 N–H and O–H groups in total. The molecule has 25 heavy (non-hydrogen) atoms. The molecule has 4 heteroatoms. The molecule has 0 saturated carbocycles. The van der Waals surface area contributed by atoms with Crippen LogP contribution in [0, 0.1) is 6.92 Å². The fourth-order valence-corrected chi connectivity index (χ4v) is 2.84. The first-order valence-electron chi connectivity index (χ1n) is 8.67. The molecule has 2 aromatic carbocycles. The highest BCUT2D eigenvalue weighted by molar-refractivity contribution is 9.10. The Labute approximate surface area is 159 Å². The van der Waals surface area contributed by atoms with Crippen LogP contribution in [0.5, 0.6) is 11.5 Å². The Hall–Kier alpha value is -1.52. The number of halogens is 1. The van der Waals surface area contributed by atoms with E-state index < -0.39 is 0 Å². The molecule has 2 aromatic rings. The van der Waals surface area contributed by atoms with Crippen LogP contribution in [0.15, 0.2) is 40.9 Å². The summed E-state index contributed by atoms with van der Waals surface area (Å²) in [5.74, 6) is 1.54. The molecule has 0 bridgehead atoms. The maximum absolute atomic E-state index is 6.06. The number of ether oxygens (including phenoxy) is 2. The largest absolute Gasteiger partial charge is 0.490 e. The molecule has 0 aliphatic rings. The van der Waals surface area contributed by atoms with Gasteiger partial charge in [-0.25, -0.2) is 0 Å². The second-order valence-corrected chi connectivity index (χ2v) is 8.00. The average Bonchev–Trinajstić information content (AvgIpc) is 2.54. The summed E-state index contributed by atoms with van der Waals surface area (Å²) < 4.78 is 12.9. The fourth-order valence-electron chi connectivity index (χ4n) is 2.38. The molecule has 0 unspecified atom stereocenters. The SMILES string of the molecule is CCOc1cc(CNC(C)(C)C)c(Br)cc1OCc1ccccc1C. The number of nitrogens with one attached hydrogen (secondary N) is 1. The van der Waals surface area contributed by atoms with Crippen LogP contribution in [0.25, 0.3) is 0 Å². The summed E-state index contributed by atoms with van der Waals surface area (Å²) in [4.78, 5) is 0. The van der Waals surface area contributed by atoms with Gasteiger partial charge in [-0.3, -0.25) is 0 Å².